The predicted molar refractivity (Wildman–Crippen MR) is 82.7 cm³/mol. The van der Waals surface area contributed by atoms with Crippen molar-refractivity contribution < 1.29 is 45.0 Å². The van der Waals surface area contributed by atoms with Crippen LogP contribution in [0.1, 0.15) is 16.8 Å². The van der Waals surface area contributed by atoms with Crippen LogP contribution in [0.15, 0.2) is 24.5 Å². The maximum absolute atomic E-state index is 12.3. The van der Waals surface area contributed by atoms with Crippen molar-refractivity contribution >= 4 is 11.9 Å². The van der Waals surface area contributed by atoms with Gasteiger partial charge in [-0.2, -0.15) is 0 Å². The minimum absolute atomic E-state index is 0.120. The van der Waals surface area contributed by atoms with Gasteiger partial charge in [-0.05, 0) is 12.1 Å². The van der Waals surface area contributed by atoms with Gasteiger partial charge >= 0.3 is 5.97 Å². The fourth-order valence-electron chi connectivity index (χ4n) is 2.63. The Morgan fingerprint density at radius 1 is 1.42 bits per heavy atom. The molecule has 0 aliphatic carbocycles. The van der Waals surface area contributed by atoms with Crippen LogP contribution in [-0.2, 0) is 9.53 Å². The van der Waals surface area contributed by atoms with Crippen LogP contribution >= 0.6 is 0 Å². The molecule has 2 rings (SSSR count). The molecule has 2 heterocycles. The predicted octanol–water partition coefficient (Wildman–Crippen LogP) is -3.18. The lowest BCUT2D eigenvalue weighted by molar-refractivity contribution is -0.294. The lowest BCUT2D eigenvalue weighted by Crippen LogP contribution is -2.67. The van der Waals surface area contributed by atoms with E-state index in [-0.39, 0.29) is 5.56 Å². The molecule has 11 nitrogen and oxygen atoms in total. The Balaban J connectivity index is 2.28. The van der Waals surface area contributed by atoms with E-state index >= 15 is 0 Å². The Kier molecular flexibility index (Phi) is 6.23. The Bertz CT molecular complexity index is 643. The van der Waals surface area contributed by atoms with Crippen molar-refractivity contribution in [2.24, 2.45) is 0 Å². The second-order valence-electron chi connectivity index (χ2n) is 5.92. The number of carbonyl (C=O) groups excluding carboxylic acids is 1. The van der Waals surface area contributed by atoms with Gasteiger partial charge in [-0.15, -0.1) is 0 Å². The second kappa shape index (κ2) is 8.03. The third-order valence-electron chi connectivity index (χ3n) is 4.06. The lowest BCUT2D eigenvalue weighted by Gasteiger charge is -2.44. The number of nitrogens with zero attached hydrogens (tertiary/aromatic N) is 1. The first-order chi connectivity index (χ1) is 12.2. The van der Waals surface area contributed by atoms with E-state index in [2.05, 4.69) is 10.3 Å². The number of aliphatic carboxylic acids is 1. The van der Waals surface area contributed by atoms with Crippen molar-refractivity contribution in [3.05, 3.63) is 30.1 Å². The van der Waals surface area contributed by atoms with Gasteiger partial charge in [-0.25, -0.2) is 4.79 Å². The molecule has 1 amide bonds. The topological polar surface area (TPSA) is 190 Å². The standard InChI is InChI=1S/C15H20N2O9/c18-6-9(20)11(21)12-10(8(19)4-15(25,26-12)14(23)24)17-13(22)7-2-1-3-16-5-7/h1-3,5,8-12,18-21,25H,4,6H2,(H,17,22)(H,23,24)/t8-,9+,10+,11+,12+,15?/m0/s1. The normalized spacial score (nSPS) is 31.0. The van der Waals surface area contributed by atoms with Crippen LogP contribution < -0.4 is 5.32 Å². The maximum atomic E-state index is 12.3. The summed E-state index contributed by atoms with van der Waals surface area (Å²) in [6, 6.07) is 1.55. The van der Waals surface area contributed by atoms with Crippen LogP contribution in [0.2, 0.25) is 0 Å². The first kappa shape index (κ1) is 20.2. The molecule has 0 spiro atoms. The summed E-state index contributed by atoms with van der Waals surface area (Å²) < 4.78 is 4.98. The number of pyridine rings is 1. The van der Waals surface area contributed by atoms with Crippen LogP contribution in [0.4, 0.5) is 0 Å². The summed E-state index contributed by atoms with van der Waals surface area (Å²) in [6.07, 6.45) is -5.13. The third kappa shape index (κ3) is 4.15. The molecule has 0 bridgehead atoms. The van der Waals surface area contributed by atoms with Crippen LogP contribution in [0.5, 0.6) is 0 Å². The van der Waals surface area contributed by atoms with Crippen molar-refractivity contribution in [1.82, 2.24) is 10.3 Å². The average Bonchev–Trinajstić information content (AvgIpc) is 2.62. The fraction of sp³-hybridized carbons (Fsp3) is 0.533. The summed E-state index contributed by atoms with van der Waals surface area (Å²) >= 11 is 0. The van der Waals surface area contributed by atoms with Gasteiger partial charge in [-0.3, -0.25) is 9.78 Å². The number of carbonyl (C=O) groups is 2. The lowest BCUT2D eigenvalue weighted by atomic mass is 9.88. The van der Waals surface area contributed by atoms with E-state index in [1.54, 1.807) is 0 Å². The molecule has 0 aromatic carbocycles. The molecule has 1 aromatic heterocycles. The Hall–Kier alpha value is -2.15. The van der Waals surface area contributed by atoms with E-state index in [0.29, 0.717) is 0 Å². The number of aliphatic hydroxyl groups is 5. The maximum Gasteiger partial charge on any atom is 0.364 e. The van der Waals surface area contributed by atoms with Gasteiger partial charge in [0, 0.05) is 18.8 Å². The molecule has 1 aliphatic rings. The summed E-state index contributed by atoms with van der Waals surface area (Å²) in [7, 11) is 0. The largest absolute Gasteiger partial charge is 0.477 e. The fourth-order valence-corrected chi connectivity index (χ4v) is 2.63. The molecule has 0 radical (unpaired) electrons. The smallest absolute Gasteiger partial charge is 0.364 e. The molecule has 1 fully saturated rings. The van der Waals surface area contributed by atoms with Crippen LogP contribution in [0.3, 0.4) is 0 Å². The van der Waals surface area contributed by atoms with Crippen LogP contribution in [-0.4, -0.2) is 90.4 Å². The van der Waals surface area contributed by atoms with Gasteiger partial charge in [0.2, 0.25) is 0 Å². The van der Waals surface area contributed by atoms with Crippen molar-refractivity contribution in [2.45, 2.75) is 42.7 Å². The number of aliphatic hydroxyl groups excluding tert-OH is 4. The first-order valence-electron chi connectivity index (χ1n) is 7.69. The number of hydrogen-bond acceptors (Lipinski definition) is 9. The minimum atomic E-state index is -2.84. The van der Waals surface area contributed by atoms with E-state index < -0.39 is 61.1 Å². The Morgan fingerprint density at radius 3 is 2.65 bits per heavy atom. The number of carboxylic acids is 1. The zero-order valence-electron chi connectivity index (χ0n) is 13.5. The van der Waals surface area contributed by atoms with Gasteiger partial charge in [0.1, 0.15) is 18.3 Å². The van der Waals surface area contributed by atoms with E-state index in [4.69, 9.17) is 14.9 Å². The molecule has 1 aliphatic heterocycles. The molecule has 0 saturated carbocycles. The highest BCUT2D eigenvalue weighted by molar-refractivity contribution is 5.94. The zero-order valence-corrected chi connectivity index (χ0v) is 13.5. The molecule has 144 valence electrons. The molecule has 7 N–H and O–H groups in total. The molecular weight excluding hydrogens is 352 g/mol. The van der Waals surface area contributed by atoms with Crippen molar-refractivity contribution in [2.75, 3.05) is 6.61 Å². The monoisotopic (exact) mass is 372 g/mol. The number of carboxylic acid groups (broad SMARTS) is 1. The number of nitrogens with one attached hydrogen (secondary N) is 1. The highest BCUT2D eigenvalue weighted by Crippen LogP contribution is 2.30. The molecule has 1 saturated heterocycles. The number of aromatic nitrogens is 1. The van der Waals surface area contributed by atoms with Crippen molar-refractivity contribution in [1.29, 1.82) is 0 Å². The SMILES string of the molecule is O=C(N[C@H]1[C@H]([C@H](O)[C@H](O)CO)OC(O)(C(=O)O)C[C@@H]1O)c1cccnc1. The highest BCUT2D eigenvalue weighted by Gasteiger charge is 2.54. The summed E-state index contributed by atoms with van der Waals surface area (Å²) in [5.41, 5.74) is 0.120. The average molecular weight is 372 g/mol. The van der Waals surface area contributed by atoms with Crippen LogP contribution in [0.25, 0.3) is 0 Å². The van der Waals surface area contributed by atoms with E-state index in [1.165, 1.54) is 24.5 Å². The van der Waals surface area contributed by atoms with Crippen LogP contribution in [0, 0.1) is 0 Å². The van der Waals surface area contributed by atoms with Gasteiger partial charge in [0.25, 0.3) is 11.7 Å². The molecule has 26 heavy (non-hydrogen) atoms. The van der Waals surface area contributed by atoms with E-state index in [9.17, 15) is 30.0 Å². The second-order valence-corrected chi connectivity index (χ2v) is 5.92. The highest BCUT2D eigenvalue weighted by atomic mass is 16.7. The molecule has 11 heteroatoms. The molecule has 1 unspecified atom stereocenters. The third-order valence-corrected chi connectivity index (χ3v) is 4.06. The van der Waals surface area contributed by atoms with Gasteiger partial charge in [0.05, 0.1) is 24.3 Å². The number of ether oxygens (including phenoxy) is 1. The van der Waals surface area contributed by atoms with Gasteiger partial charge < -0.3 is 40.7 Å². The Morgan fingerprint density at radius 2 is 2.12 bits per heavy atom. The van der Waals surface area contributed by atoms with Gasteiger partial charge in [0.15, 0.2) is 0 Å². The van der Waals surface area contributed by atoms with Crippen molar-refractivity contribution in [3.8, 4) is 0 Å². The minimum Gasteiger partial charge on any atom is -0.477 e. The Labute approximate surface area is 147 Å². The molecule has 6 atom stereocenters. The summed E-state index contributed by atoms with van der Waals surface area (Å²) in [5, 5.41) is 60.4. The summed E-state index contributed by atoms with van der Waals surface area (Å²) in [5.74, 6) is -5.36. The van der Waals surface area contributed by atoms with E-state index in [1.807, 2.05) is 0 Å². The zero-order chi connectivity index (χ0) is 19.5. The summed E-state index contributed by atoms with van der Waals surface area (Å²) in [6.45, 7) is -0.897. The molecule has 1 aromatic rings. The number of hydrogen-bond donors (Lipinski definition) is 7. The van der Waals surface area contributed by atoms with E-state index in [0.717, 1.165) is 0 Å². The first-order valence-corrected chi connectivity index (χ1v) is 7.69. The molecular formula is C15H20N2O9. The van der Waals surface area contributed by atoms with Crippen molar-refractivity contribution in [3.63, 3.8) is 0 Å². The quantitative estimate of drug-likeness (QED) is 0.268. The van der Waals surface area contributed by atoms with Gasteiger partial charge in [-0.1, -0.05) is 0 Å². The number of amides is 1. The number of rotatable bonds is 6. The summed E-state index contributed by atoms with van der Waals surface area (Å²) in [4.78, 5) is 27.2.